The fourth-order valence-corrected chi connectivity index (χ4v) is 1.50. The molecule has 2 aromatic rings. The minimum Gasteiger partial charge on any atom is -0.497 e. The highest BCUT2D eigenvalue weighted by Crippen LogP contribution is 2.10. The van der Waals surface area contributed by atoms with E-state index >= 15 is 0 Å². The van der Waals surface area contributed by atoms with Crippen molar-refractivity contribution in [2.45, 2.75) is 27.2 Å². The van der Waals surface area contributed by atoms with Crippen LogP contribution in [0.1, 0.15) is 23.6 Å². The van der Waals surface area contributed by atoms with Crippen LogP contribution in [-0.4, -0.2) is 7.11 Å². The standard InChI is InChI=1S/C9H12O.C8H10/c1-3-8-4-6-9(10-2)7-5-8;1-7-3-5-8(2)6-4-7/h4-7H,3H2,1-2H3;3-6H,1-2H3. The first-order valence-corrected chi connectivity index (χ1v) is 6.32. The van der Waals surface area contributed by atoms with Crippen LogP contribution in [0, 0.1) is 13.8 Å². The summed E-state index contributed by atoms with van der Waals surface area (Å²) in [5.41, 5.74) is 4.01. The van der Waals surface area contributed by atoms with E-state index in [4.69, 9.17) is 4.74 Å². The van der Waals surface area contributed by atoms with Gasteiger partial charge >= 0.3 is 0 Å². The molecule has 0 fully saturated rings. The van der Waals surface area contributed by atoms with Crippen LogP contribution < -0.4 is 4.74 Å². The molecule has 0 aliphatic heterocycles. The summed E-state index contributed by atoms with van der Waals surface area (Å²) in [5, 5.41) is 0. The van der Waals surface area contributed by atoms with E-state index < -0.39 is 0 Å². The van der Waals surface area contributed by atoms with Gasteiger partial charge in [0.1, 0.15) is 5.75 Å². The van der Waals surface area contributed by atoms with Gasteiger partial charge in [0, 0.05) is 0 Å². The van der Waals surface area contributed by atoms with Gasteiger partial charge in [0.2, 0.25) is 0 Å². The molecular formula is C17H22O. The molecule has 0 spiro atoms. The summed E-state index contributed by atoms with van der Waals surface area (Å²) in [6, 6.07) is 16.6. The van der Waals surface area contributed by atoms with E-state index in [9.17, 15) is 0 Å². The molecule has 0 radical (unpaired) electrons. The minimum absolute atomic E-state index is 0.928. The number of aryl methyl sites for hydroxylation is 3. The summed E-state index contributed by atoms with van der Waals surface area (Å²) in [7, 11) is 1.68. The van der Waals surface area contributed by atoms with Gasteiger partial charge in [-0.15, -0.1) is 0 Å². The third-order valence-corrected chi connectivity index (χ3v) is 2.79. The van der Waals surface area contributed by atoms with Crippen LogP contribution >= 0.6 is 0 Å². The predicted molar refractivity (Wildman–Crippen MR) is 78.3 cm³/mol. The number of hydrogen-bond acceptors (Lipinski definition) is 1. The second kappa shape index (κ2) is 7.54. The SMILES string of the molecule is CCc1ccc(OC)cc1.Cc1ccc(C)cc1. The molecule has 18 heavy (non-hydrogen) atoms. The molecule has 0 aromatic heterocycles. The Kier molecular flexibility index (Phi) is 5.99. The molecule has 0 atom stereocenters. The molecule has 1 heteroatoms. The monoisotopic (exact) mass is 242 g/mol. The molecule has 0 N–H and O–H groups in total. The molecule has 2 aromatic carbocycles. The molecular weight excluding hydrogens is 220 g/mol. The first-order valence-electron chi connectivity index (χ1n) is 6.32. The smallest absolute Gasteiger partial charge is 0.118 e. The fourth-order valence-electron chi connectivity index (χ4n) is 1.50. The maximum atomic E-state index is 5.01. The number of ether oxygens (including phenoxy) is 1. The van der Waals surface area contributed by atoms with Crippen LogP contribution in [-0.2, 0) is 6.42 Å². The molecule has 1 nitrogen and oxygen atoms in total. The van der Waals surface area contributed by atoms with E-state index in [0.29, 0.717) is 0 Å². The van der Waals surface area contributed by atoms with E-state index in [-0.39, 0.29) is 0 Å². The highest BCUT2D eigenvalue weighted by atomic mass is 16.5. The van der Waals surface area contributed by atoms with Crippen molar-refractivity contribution in [3.05, 3.63) is 65.2 Å². The first kappa shape index (κ1) is 14.3. The molecule has 0 heterocycles. The van der Waals surface area contributed by atoms with E-state index in [1.807, 2.05) is 12.1 Å². The summed E-state index contributed by atoms with van der Waals surface area (Å²) >= 11 is 0. The molecule has 0 bridgehead atoms. The van der Waals surface area contributed by atoms with E-state index in [0.717, 1.165) is 12.2 Å². The molecule has 0 amide bonds. The second-order valence-electron chi connectivity index (χ2n) is 4.36. The second-order valence-corrected chi connectivity index (χ2v) is 4.36. The minimum atomic E-state index is 0.928. The molecule has 0 saturated carbocycles. The van der Waals surface area contributed by atoms with Crippen molar-refractivity contribution >= 4 is 0 Å². The Morgan fingerprint density at radius 1 is 0.778 bits per heavy atom. The van der Waals surface area contributed by atoms with Crippen LogP contribution in [0.3, 0.4) is 0 Å². The third-order valence-electron chi connectivity index (χ3n) is 2.79. The van der Waals surface area contributed by atoms with Gasteiger partial charge in [0.25, 0.3) is 0 Å². The number of hydrogen-bond donors (Lipinski definition) is 0. The molecule has 0 unspecified atom stereocenters. The van der Waals surface area contributed by atoms with Gasteiger partial charge in [0.15, 0.2) is 0 Å². The lowest BCUT2D eigenvalue weighted by atomic mass is 10.2. The summed E-state index contributed by atoms with van der Waals surface area (Å²) < 4.78 is 5.01. The average molecular weight is 242 g/mol. The lowest BCUT2D eigenvalue weighted by Crippen LogP contribution is -1.83. The van der Waals surface area contributed by atoms with Gasteiger partial charge in [-0.2, -0.15) is 0 Å². The van der Waals surface area contributed by atoms with Crippen molar-refractivity contribution in [1.82, 2.24) is 0 Å². The van der Waals surface area contributed by atoms with E-state index in [2.05, 4.69) is 57.2 Å². The molecule has 0 aliphatic carbocycles. The van der Waals surface area contributed by atoms with Gasteiger partial charge in [0.05, 0.1) is 7.11 Å². The van der Waals surface area contributed by atoms with Crippen LogP contribution in [0.5, 0.6) is 5.75 Å². The van der Waals surface area contributed by atoms with E-state index in [1.54, 1.807) is 7.11 Å². The maximum Gasteiger partial charge on any atom is 0.118 e. The van der Waals surface area contributed by atoms with E-state index in [1.165, 1.54) is 16.7 Å². The zero-order chi connectivity index (χ0) is 13.4. The summed E-state index contributed by atoms with van der Waals surface area (Å²) in [6.07, 6.45) is 1.09. The zero-order valence-electron chi connectivity index (χ0n) is 11.7. The van der Waals surface area contributed by atoms with Crippen molar-refractivity contribution in [3.8, 4) is 5.75 Å². The predicted octanol–water partition coefficient (Wildman–Crippen LogP) is 4.56. The van der Waals surface area contributed by atoms with Crippen molar-refractivity contribution in [2.24, 2.45) is 0 Å². The van der Waals surface area contributed by atoms with Gasteiger partial charge in [-0.25, -0.2) is 0 Å². The Hall–Kier alpha value is -1.76. The van der Waals surface area contributed by atoms with Crippen LogP contribution in [0.25, 0.3) is 0 Å². The van der Waals surface area contributed by atoms with Crippen molar-refractivity contribution in [3.63, 3.8) is 0 Å². The van der Waals surface area contributed by atoms with Crippen molar-refractivity contribution in [2.75, 3.05) is 7.11 Å². The number of benzene rings is 2. The largest absolute Gasteiger partial charge is 0.497 e. The first-order chi connectivity index (χ1) is 8.65. The lowest BCUT2D eigenvalue weighted by Gasteiger charge is -1.99. The quantitative estimate of drug-likeness (QED) is 0.750. The Morgan fingerprint density at radius 3 is 1.56 bits per heavy atom. The maximum absolute atomic E-state index is 5.01. The van der Waals surface area contributed by atoms with Gasteiger partial charge in [-0.1, -0.05) is 54.4 Å². The fraction of sp³-hybridized carbons (Fsp3) is 0.294. The summed E-state index contributed by atoms with van der Waals surface area (Å²) in [4.78, 5) is 0. The molecule has 0 aliphatic rings. The van der Waals surface area contributed by atoms with Crippen molar-refractivity contribution in [1.29, 1.82) is 0 Å². The summed E-state index contributed by atoms with van der Waals surface area (Å²) in [6.45, 7) is 6.33. The highest BCUT2D eigenvalue weighted by Gasteiger charge is 1.89. The number of rotatable bonds is 2. The summed E-state index contributed by atoms with van der Waals surface area (Å²) in [5.74, 6) is 0.928. The van der Waals surface area contributed by atoms with Crippen molar-refractivity contribution < 1.29 is 4.74 Å². The Bertz CT molecular complexity index is 396. The molecule has 96 valence electrons. The van der Waals surface area contributed by atoms with Crippen LogP contribution in [0.15, 0.2) is 48.5 Å². The van der Waals surface area contributed by atoms with Gasteiger partial charge < -0.3 is 4.74 Å². The molecule has 2 rings (SSSR count). The zero-order valence-corrected chi connectivity index (χ0v) is 11.7. The highest BCUT2D eigenvalue weighted by molar-refractivity contribution is 5.26. The average Bonchev–Trinajstić information content (AvgIpc) is 2.43. The Morgan fingerprint density at radius 2 is 1.22 bits per heavy atom. The van der Waals surface area contributed by atoms with Gasteiger partial charge in [-0.05, 0) is 38.0 Å². The van der Waals surface area contributed by atoms with Crippen LogP contribution in [0.4, 0.5) is 0 Å². The molecule has 0 saturated heterocycles. The topological polar surface area (TPSA) is 9.23 Å². The third kappa shape index (κ3) is 5.05. The Labute approximate surface area is 110 Å². The lowest BCUT2D eigenvalue weighted by molar-refractivity contribution is 0.414. The Balaban J connectivity index is 0.000000184. The van der Waals surface area contributed by atoms with Crippen LogP contribution in [0.2, 0.25) is 0 Å². The number of methoxy groups -OCH3 is 1. The van der Waals surface area contributed by atoms with Gasteiger partial charge in [-0.3, -0.25) is 0 Å². The normalized spacial score (nSPS) is 9.33.